The number of nitrogens with one attached hydrogen (secondary N) is 1. The molecular formula is C14H16FNO4S. The SMILES string of the molecule is Cc1cc(F)cc(C)c1S(=O)(=O)NC1C=CC(C(=O)O)C1. The highest BCUT2D eigenvalue weighted by atomic mass is 32.2. The second-order valence-electron chi connectivity index (χ2n) is 5.16. The van der Waals surface area contributed by atoms with Crippen LogP contribution in [0.1, 0.15) is 17.5 Å². The molecule has 1 aliphatic carbocycles. The summed E-state index contributed by atoms with van der Waals surface area (Å²) >= 11 is 0. The van der Waals surface area contributed by atoms with Gasteiger partial charge in [-0.1, -0.05) is 12.2 Å². The van der Waals surface area contributed by atoms with E-state index < -0.39 is 33.8 Å². The average Bonchev–Trinajstić information content (AvgIpc) is 2.74. The third-order valence-electron chi connectivity index (χ3n) is 3.40. The van der Waals surface area contributed by atoms with Crippen molar-refractivity contribution in [1.82, 2.24) is 4.72 Å². The van der Waals surface area contributed by atoms with Crippen LogP contribution < -0.4 is 4.72 Å². The normalized spacial score (nSPS) is 21.7. The summed E-state index contributed by atoms with van der Waals surface area (Å²) in [5.74, 6) is -2.16. The molecule has 0 radical (unpaired) electrons. The van der Waals surface area contributed by atoms with Gasteiger partial charge in [0.05, 0.1) is 10.8 Å². The van der Waals surface area contributed by atoms with E-state index in [1.54, 1.807) is 0 Å². The molecule has 0 amide bonds. The summed E-state index contributed by atoms with van der Waals surface area (Å²) < 4.78 is 40.5. The average molecular weight is 313 g/mol. The fraction of sp³-hybridized carbons (Fsp3) is 0.357. The lowest BCUT2D eigenvalue weighted by Gasteiger charge is -2.16. The van der Waals surface area contributed by atoms with Gasteiger partial charge in [-0.3, -0.25) is 4.79 Å². The molecule has 0 aromatic heterocycles. The summed E-state index contributed by atoms with van der Waals surface area (Å²) in [5, 5.41) is 8.89. The summed E-state index contributed by atoms with van der Waals surface area (Å²) in [7, 11) is -3.83. The highest BCUT2D eigenvalue weighted by Gasteiger charge is 2.29. The van der Waals surface area contributed by atoms with E-state index >= 15 is 0 Å². The number of hydrogen-bond acceptors (Lipinski definition) is 3. The van der Waals surface area contributed by atoms with E-state index in [9.17, 15) is 17.6 Å². The van der Waals surface area contributed by atoms with Gasteiger partial charge in [-0.15, -0.1) is 0 Å². The Morgan fingerprint density at radius 3 is 2.33 bits per heavy atom. The number of rotatable bonds is 4. The smallest absolute Gasteiger partial charge is 0.310 e. The molecule has 0 spiro atoms. The quantitative estimate of drug-likeness (QED) is 0.830. The number of sulfonamides is 1. The van der Waals surface area contributed by atoms with E-state index in [1.807, 2.05) is 0 Å². The second kappa shape index (κ2) is 5.57. The van der Waals surface area contributed by atoms with Crippen molar-refractivity contribution < 1.29 is 22.7 Å². The molecule has 7 heteroatoms. The Bertz CT molecular complexity index is 689. The first-order valence-electron chi connectivity index (χ1n) is 6.41. The zero-order chi connectivity index (χ0) is 15.8. The van der Waals surface area contributed by atoms with Gasteiger partial charge in [0.2, 0.25) is 10.0 Å². The van der Waals surface area contributed by atoms with Crippen LogP contribution in [-0.4, -0.2) is 25.5 Å². The van der Waals surface area contributed by atoms with Crippen molar-refractivity contribution in [2.24, 2.45) is 5.92 Å². The number of carbonyl (C=O) groups is 1. The van der Waals surface area contributed by atoms with Crippen LogP contribution in [0.15, 0.2) is 29.2 Å². The van der Waals surface area contributed by atoms with E-state index in [1.165, 1.54) is 26.0 Å². The molecule has 0 aliphatic heterocycles. The molecule has 1 aromatic carbocycles. The van der Waals surface area contributed by atoms with Crippen molar-refractivity contribution in [3.63, 3.8) is 0 Å². The van der Waals surface area contributed by atoms with Gasteiger partial charge in [-0.05, 0) is 43.5 Å². The third kappa shape index (κ3) is 3.30. The van der Waals surface area contributed by atoms with Crippen LogP contribution in [0.4, 0.5) is 4.39 Å². The van der Waals surface area contributed by atoms with E-state index in [0.29, 0.717) is 11.1 Å². The van der Waals surface area contributed by atoms with Gasteiger partial charge >= 0.3 is 5.97 Å². The summed E-state index contributed by atoms with van der Waals surface area (Å²) in [5.41, 5.74) is 0.633. The van der Waals surface area contributed by atoms with Gasteiger partial charge in [0, 0.05) is 6.04 Å². The lowest BCUT2D eigenvalue weighted by atomic mass is 10.1. The van der Waals surface area contributed by atoms with Crippen LogP contribution >= 0.6 is 0 Å². The molecule has 0 heterocycles. The Hall–Kier alpha value is -1.73. The molecule has 114 valence electrons. The molecule has 0 bridgehead atoms. The van der Waals surface area contributed by atoms with Crippen LogP contribution in [0.2, 0.25) is 0 Å². The first kappa shape index (κ1) is 15.7. The lowest BCUT2D eigenvalue weighted by molar-refractivity contribution is -0.140. The summed E-state index contributed by atoms with van der Waals surface area (Å²) in [6.45, 7) is 3.05. The Kier molecular flexibility index (Phi) is 4.15. The van der Waals surface area contributed by atoms with Gasteiger partial charge < -0.3 is 5.11 Å². The molecule has 1 aliphatic rings. The van der Waals surface area contributed by atoms with Crippen LogP contribution in [0, 0.1) is 25.6 Å². The van der Waals surface area contributed by atoms with Crippen molar-refractivity contribution in [3.05, 3.63) is 41.2 Å². The summed E-state index contributed by atoms with van der Waals surface area (Å²) in [6, 6.07) is 1.75. The number of carboxylic acid groups (broad SMARTS) is 1. The van der Waals surface area contributed by atoms with E-state index in [0.717, 1.165) is 12.1 Å². The molecule has 21 heavy (non-hydrogen) atoms. The fourth-order valence-electron chi connectivity index (χ4n) is 2.55. The molecular weight excluding hydrogens is 297 g/mol. The first-order valence-corrected chi connectivity index (χ1v) is 7.89. The Morgan fingerprint density at radius 1 is 1.29 bits per heavy atom. The van der Waals surface area contributed by atoms with Crippen LogP contribution in [-0.2, 0) is 14.8 Å². The van der Waals surface area contributed by atoms with Crippen LogP contribution in [0.3, 0.4) is 0 Å². The maximum absolute atomic E-state index is 13.2. The topological polar surface area (TPSA) is 83.5 Å². The highest BCUT2D eigenvalue weighted by molar-refractivity contribution is 7.89. The molecule has 2 N–H and O–H groups in total. The third-order valence-corrected chi connectivity index (χ3v) is 5.20. The minimum atomic E-state index is -3.83. The van der Waals surface area contributed by atoms with E-state index in [-0.39, 0.29) is 11.3 Å². The van der Waals surface area contributed by atoms with Gasteiger partial charge in [0.1, 0.15) is 5.82 Å². The van der Waals surface area contributed by atoms with Gasteiger partial charge in [-0.2, -0.15) is 0 Å². The maximum atomic E-state index is 13.2. The highest BCUT2D eigenvalue weighted by Crippen LogP contribution is 2.24. The molecule has 2 rings (SSSR count). The van der Waals surface area contributed by atoms with Crippen LogP contribution in [0.5, 0.6) is 0 Å². The molecule has 2 atom stereocenters. The predicted octanol–water partition coefficient (Wildman–Crippen LogP) is 1.75. The molecule has 0 saturated carbocycles. The van der Waals surface area contributed by atoms with Crippen molar-refractivity contribution in [3.8, 4) is 0 Å². The van der Waals surface area contributed by atoms with Gasteiger partial charge in [0.25, 0.3) is 0 Å². The maximum Gasteiger partial charge on any atom is 0.310 e. The number of carboxylic acids is 1. The number of hydrogen-bond donors (Lipinski definition) is 2. The molecule has 5 nitrogen and oxygen atoms in total. The minimum absolute atomic E-state index is 0.0380. The molecule has 1 aromatic rings. The van der Waals surface area contributed by atoms with Gasteiger partial charge in [0.15, 0.2) is 0 Å². The number of aryl methyl sites for hydroxylation is 2. The predicted molar refractivity (Wildman–Crippen MR) is 74.9 cm³/mol. The Morgan fingerprint density at radius 2 is 1.86 bits per heavy atom. The standard InChI is InChI=1S/C14H16FNO4S/c1-8-5-11(15)6-9(2)13(8)21(19,20)16-12-4-3-10(7-12)14(17)18/h3-6,10,12,16H,7H2,1-2H3,(H,17,18). The van der Waals surface area contributed by atoms with E-state index in [2.05, 4.69) is 4.72 Å². The second-order valence-corrected chi connectivity index (χ2v) is 6.81. The first-order chi connectivity index (χ1) is 9.70. The van der Waals surface area contributed by atoms with E-state index in [4.69, 9.17) is 5.11 Å². The summed E-state index contributed by atoms with van der Waals surface area (Å²) in [4.78, 5) is 10.9. The zero-order valence-corrected chi connectivity index (χ0v) is 12.4. The number of aliphatic carboxylic acids is 1. The van der Waals surface area contributed by atoms with Crippen LogP contribution in [0.25, 0.3) is 0 Å². The van der Waals surface area contributed by atoms with Crippen molar-refractivity contribution >= 4 is 16.0 Å². The fourth-order valence-corrected chi connectivity index (χ4v) is 4.21. The van der Waals surface area contributed by atoms with Crippen molar-refractivity contribution in [2.45, 2.75) is 31.2 Å². The number of halogens is 1. The summed E-state index contributed by atoms with van der Waals surface area (Å²) in [6.07, 6.45) is 3.18. The lowest BCUT2D eigenvalue weighted by Crippen LogP contribution is -2.34. The van der Waals surface area contributed by atoms with Gasteiger partial charge in [-0.25, -0.2) is 17.5 Å². The Labute approximate surface area is 122 Å². The molecule has 2 unspecified atom stereocenters. The molecule has 0 saturated heterocycles. The number of benzene rings is 1. The zero-order valence-electron chi connectivity index (χ0n) is 11.6. The largest absolute Gasteiger partial charge is 0.481 e. The molecule has 0 fully saturated rings. The van der Waals surface area contributed by atoms with Crippen molar-refractivity contribution in [1.29, 1.82) is 0 Å². The van der Waals surface area contributed by atoms with Crippen molar-refractivity contribution in [2.75, 3.05) is 0 Å². The Balaban J connectivity index is 2.25. The minimum Gasteiger partial charge on any atom is -0.481 e. The monoisotopic (exact) mass is 313 g/mol.